The molecule has 3 aromatic rings. The van der Waals surface area contributed by atoms with E-state index in [2.05, 4.69) is 94.9 Å². The second-order valence-corrected chi connectivity index (χ2v) is 7.83. The van der Waals surface area contributed by atoms with Gasteiger partial charge in [0.25, 0.3) is 0 Å². The van der Waals surface area contributed by atoms with Crippen molar-refractivity contribution in [3.63, 3.8) is 0 Å². The minimum Gasteiger partial charge on any atom is -0.200 e. The zero-order chi connectivity index (χ0) is 17.5. The molecule has 0 bridgehead atoms. The van der Waals surface area contributed by atoms with Crippen molar-refractivity contribution >= 4 is 10.8 Å². The topological polar surface area (TPSA) is 3.88 Å². The summed E-state index contributed by atoms with van der Waals surface area (Å²) < 4.78 is 2.25. The standard InChI is InChI=1S/C23H28N/c1-7-17-9-8-16(2)21(14-17)22-20-11-10-19(23(3,4)5)15-18(20)12-13-24(22)6/h8-15H,7H2,1-6H3/q+1. The van der Waals surface area contributed by atoms with Crippen LogP contribution in [0.1, 0.15) is 44.4 Å². The molecule has 0 N–H and O–H groups in total. The van der Waals surface area contributed by atoms with Crippen molar-refractivity contribution < 1.29 is 4.57 Å². The maximum Gasteiger partial charge on any atom is 0.220 e. The van der Waals surface area contributed by atoms with Crippen LogP contribution in [0.2, 0.25) is 0 Å². The Labute approximate surface area is 146 Å². The van der Waals surface area contributed by atoms with Gasteiger partial charge in [-0.05, 0) is 53.0 Å². The first kappa shape index (κ1) is 16.7. The van der Waals surface area contributed by atoms with Crippen LogP contribution in [0.25, 0.3) is 22.0 Å². The van der Waals surface area contributed by atoms with Crippen molar-refractivity contribution in [3.05, 3.63) is 65.4 Å². The number of benzene rings is 2. The third-order valence-electron chi connectivity index (χ3n) is 4.97. The molecule has 1 heterocycles. The fourth-order valence-electron chi connectivity index (χ4n) is 3.32. The summed E-state index contributed by atoms with van der Waals surface area (Å²) in [5.74, 6) is 0. The molecule has 0 aliphatic carbocycles. The Kier molecular flexibility index (Phi) is 4.21. The van der Waals surface area contributed by atoms with Crippen LogP contribution in [-0.2, 0) is 18.9 Å². The van der Waals surface area contributed by atoms with Gasteiger partial charge in [0, 0.05) is 11.6 Å². The molecule has 1 nitrogen and oxygen atoms in total. The van der Waals surface area contributed by atoms with Gasteiger partial charge >= 0.3 is 0 Å². The Morgan fingerprint density at radius 3 is 2.38 bits per heavy atom. The number of rotatable bonds is 2. The Morgan fingerprint density at radius 2 is 1.71 bits per heavy atom. The lowest BCUT2D eigenvalue weighted by atomic mass is 9.85. The van der Waals surface area contributed by atoms with Gasteiger partial charge in [-0.2, -0.15) is 0 Å². The van der Waals surface area contributed by atoms with Gasteiger partial charge < -0.3 is 0 Å². The second kappa shape index (κ2) is 6.05. The highest BCUT2D eigenvalue weighted by Gasteiger charge is 2.20. The molecule has 0 fully saturated rings. The number of nitrogens with zero attached hydrogens (tertiary/aromatic N) is 1. The van der Waals surface area contributed by atoms with Crippen LogP contribution in [0.15, 0.2) is 48.7 Å². The summed E-state index contributed by atoms with van der Waals surface area (Å²) in [6.07, 6.45) is 3.25. The maximum atomic E-state index is 2.35. The molecule has 0 atom stereocenters. The average Bonchev–Trinajstić information content (AvgIpc) is 2.54. The molecule has 0 saturated heterocycles. The number of aromatic nitrogens is 1. The molecule has 1 heteroatoms. The predicted molar refractivity (Wildman–Crippen MR) is 103 cm³/mol. The maximum absolute atomic E-state index is 2.35. The Morgan fingerprint density at radius 1 is 0.958 bits per heavy atom. The Balaban J connectivity index is 2.30. The van der Waals surface area contributed by atoms with Crippen LogP contribution >= 0.6 is 0 Å². The molecule has 2 aromatic carbocycles. The molecule has 24 heavy (non-hydrogen) atoms. The lowest BCUT2D eigenvalue weighted by Crippen LogP contribution is -2.30. The van der Waals surface area contributed by atoms with Crippen LogP contribution in [0.4, 0.5) is 0 Å². The van der Waals surface area contributed by atoms with Crippen molar-refractivity contribution in [1.29, 1.82) is 0 Å². The SMILES string of the molecule is CCc1ccc(C)c(-c2c3ccc(C(C)(C)C)cc3cc[n+]2C)c1. The van der Waals surface area contributed by atoms with Gasteiger partial charge in [0.05, 0.1) is 5.39 Å². The van der Waals surface area contributed by atoms with Gasteiger partial charge in [0.2, 0.25) is 5.69 Å². The second-order valence-electron chi connectivity index (χ2n) is 7.83. The summed E-state index contributed by atoms with van der Waals surface area (Å²) in [6.45, 7) is 11.2. The van der Waals surface area contributed by atoms with Gasteiger partial charge in [-0.25, -0.2) is 4.57 Å². The van der Waals surface area contributed by atoms with Crippen molar-refractivity contribution in [2.45, 2.75) is 46.5 Å². The average molecular weight is 318 g/mol. The zero-order valence-corrected chi connectivity index (χ0v) is 15.8. The van der Waals surface area contributed by atoms with Crippen LogP contribution in [0.3, 0.4) is 0 Å². The molecular weight excluding hydrogens is 290 g/mol. The minimum atomic E-state index is 0.171. The van der Waals surface area contributed by atoms with Gasteiger partial charge in [-0.3, -0.25) is 0 Å². The fourth-order valence-corrected chi connectivity index (χ4v) is 3.32. The summed E-state index contributed by atoms with van der Waals surface area (Å²) in [6, 6.07) is 16.0. The lowest BCUT2D eigenvalue weighted by molar-refractivity contribution is -0.659. The van der Waals surface area contributed by atoms with E-state index in [1.165, 1.54) is 38.7 Å². The summed E-state index contributed by atoms with van der Waals surface area (Å²) in [5, 5.41) is 2.64. The summed E-state index contributed by atoms with van der Waals surface area (Å²) in [5.41, 5.74) is 6.92. The zero-order valence-electron chi connectivity index (χ0n) is 15.8. The molecule has 0 radical (unpaired) electrons. The van der Waals surface area contributed by atoms with Crippen LogP contribution in [0.5, 0.6) is 0 Å². The van der Waals surface area contributed by atoms with Crippen LogP contribution in [0, 0.1) is 6.92 Å². The van der Waals surface area contributed by atoms with E-state index in [1.54, 1.807) is 0 Å². The molecule has 1 aromatic heterocycles. The van der Waals surface area contributed by atoms with Gasteiger partial charge in [0.1, 0.15) is 7.05 Å². The van der Waals surface area contributed by atoms with E-state index < -0.39 is 0 Å². The third-order valence-corrected chi connectivity index (χ3v) is 4.97. The van der Waals surface area contributed by atoms with Crippen LogP contribution < -0.4 is 4.57 Å². The van der Waals surface area contributed by atoms with Gasteiger partial charge in [-0.15, -0.1) is 0 Å². The number of fused-ring (bicyclic) bond motifs is 1. The van der Waals surface area contributed by atoms with E-state index in [0.717, 1.165) is 6.42 Å². The summed E-state index contributed by atoms with van der Waals surface area (Å²) in [7, 11) is 2.14. The van der Waals surface area contributed by atoms with Crippen molar-refractivity contribution in [2.24, 2.45) is 7.05 Å². The van der Waals surface area contributed by atoms with Crippen molar-refractivity contribution in [3.8, 4) is 11.3 Å². The van der Waals surface area contributed by atoms with E-state index in [0.29, 0.717) is 0 Å². The first-order valence-electron chi connectivity index (χ1n) is 8.84. The monoisotopic (exact) mass is 318 g/mol. The smallest absolute Gasteiger partial charge is 0.200 e. The minimum absolute atomic E-state index is 0.171. The molecule has 0 unspecified atom stereocenters. The van der Waals surface area contributed by atoms with Gasteiger partial charge in [-0.1, -0.05) is 52.0 Å². The van der Waals surface area contributed by atoms with E-state index in [1.807, 2.05) is 0 Å². The van der Waals surface area contributed by atoms with Gasteiger partial charge in [0.15, 0.2) is 6.20 Å². The number of pyridine rings is 1. The highest BCUT2D eigenvalue weighted by molar-refractivity contribution is 5.94. The number of aryl methyl sites for hydroxylation is 3. The molecule has 0 amide bonds. The first-order chi connectivity index (χ1) is 11.3. The molecule has 124 valence electrons. The lowest BCUT2D eigenvalue weighted by Gasteiger charge is -2.19. The summed E-state index contributed by atoms with van der Waals surface area (Å²) in [4.78, 5) is 0. The highest BCUT2D eigenvalue weighted by Crippen LogP contribution is 2.32. The Bertz CT molecular complexity index is 898. The molecule has 0 aliphatic rings. The molecular formula is C23H28N+. The molecule has 3 rings (SSSR count). The summed E-state index contributed by atoms with van der Waals surface area (Å²) >= 11 is 0. The molecule has 0 saturated carbocycles. The normalized spacial score (nSPS) is 11.9. The fraction of sp³-hybridized carbons (Fsp3) is 0.348. The molecule has 0 aliphatic heterocycles. The Hall–Kier alpha value is -2.15. The van der Waals surface area contributed by atoms with Crippen molar-refractivity contribution in [1.82, 2.24) is 0 Å². The largest absolute Gasteiger partial charge is 0.220 e. The predicted octanol–water partition coefficient (Wildman–Crippen LogP) is 5.50. The van der Waals surface area contributed by atoms with E-state index in [9.17, 15) is 0 Å². The van der Waals surface area contributed by atoms with E-state index in [4.69, 9.17) is 0 Å². The third kappa shape index (κ3) is 2.96. The highest BCUT2D eigenvalue weighted by atomic mass is 14.9. The van der Waals surface area contributed by atoms with E-state index in [-0.39, 0.29) is 5.41 Å². The number of hydrogen-bond donors (Lipinski definition) is 0. The van der Waals surface area contributed by atoms with Crippen LogP contribution in [-0.4, -0.2) is 0 Å². The van der Waals surface area contributed by atoms with Crippen molar-refractivity contribution in [2.75, 3.05) is 0 Å². The molecule has 0 spiro atoms. The first-order valence-corrected chi connectivity index (χ1v) is 8.84. The van der Waals surface area contributed by atoms with E-state index >= 15 is 0 Å². The number of hydrogen-bond acceptors (Lipinski definition) is 0. The quantitative estimate of drug-likeness (QED) is 0.549.